The van der Waals surface area contributed by atoms with Gasteiger partial charge in [-0.05, 0) is 36.4 Å². The molecule has 9 heteroatoms. The molecule has 0 atom stereocenters. The molecular weight excluding hydrogens is 378 g/mol. The molecule has 0 aliphatic heterocycles. The third-order valence-corrected chi connectivity index (χ3v) is 3.56. The van der Waals surface area contributed by atoms with Crippen LogP contribution in [0.5, 0.6) is 11.5 Å². The highest BCUT2D eigenvalue weighted by Gasteiger charge is 2.12. The number of nitrogens with one attached hydrogen (secondary N) is 2. The van der Waals surface area contributed by atoms with E-state index in [1.54, 1.807) is 24.3 Å². The predicted octanol–water partition coefficient (Wildman–Crippen LogP) is 2.38. The average Bonchev–Trinajstić information content (AvgIpc) is 3.25. The molecule has 0 bridgehead atoms. The zero-order chi connectivity index (χ0) is 20.5. The quantitative estimate of drug-likeness (QED) is 0.562. The largest absolute Gasteiger partial charge is 0.457 e. The Morgan fingerprint density at radius 3 is 2.34 bits per heavy atom. The maximum atomic E-state index is 12.1. The lowest BCUT2D eigenvalue weighted by Gasteiger charge is -2.08. The summed E-state index contributed by atoms with van der Waals surface area (Å²) in [4.78, 5) is 35.4. The van der Waals surface area contributed by atoms with Crippen molar-refractivity contribution in [3.05, 3.63) is 72.5 Å². The summed E-state index contributed by atoms with van der Waals surface area (Å²) in [7, 11) is 0. The number of benzene rings is 2. The number of para-hydroxylation sites is 1. The molecule has 3 rings (SSSR count). The van der Waals surface area contributed by atoms with Gasteiger partial charge in [0, 0.05) is 11.6 Å². The van der Waals surface area contributed by atoms with E-state index in [9.17, 15) is 14.4 Å². The van der Waals surface area contributed by atoms with E-state index in [1.165, 1.54) is 12.3 Å². The molecule has 0 aliphatic rings. The van der Waals surface area contributed by atoms with Gasteiger partial charge in [0.25, 0.3) is 11.8 Å². The van der Waals surface area contributed by atoms with Crippen LogP contribution in [0.4, 0.5) is 5.82 Å². The van der Waals surface area contributed by atoms with Gasteiger partial charge in [0.2, 0.25) is 0 Å². The van der Waals surface area contributed by atoms with E-state index < -0.39 is 24.4 Å². The van der Waals surface area contributed by atoms with Crippen LogP contribution in [0.3, 0.4) is 0 Å². The second-order valence-corrected chi connectivity index (χ2v) is 5.72. The number of carbonyl (C=O) groups is 3. The highest BCUT2D eigenvalue weighted by atomic mass is 16.5. The van der Waals surface area contributed by atoms with Gasteiger partial charge in [-0.2, -0.15) is 0 Å². The monoisotopic (exact) mass is 395 g/mol. The minimum Gasteiger partial charge on any atom is -0.457 e. The fourth-order valence-corrected chi connectivity index (χ4v) is 2.21. The van der Waals surface area contributed by atoms with Crippen molar-refractivity contribution in [2.45, 2.75) is 0 Å². The first kappa shape index (κ1) is 19.6. The maximum absolute atomic E-state index is 12.1. The van der Waals surface area contributed by atoms with Crippen molar-refractivity contribution < 1.29 is 28.4 Å². The number of rotatable bonds is 8. The van der Waals surface area contributed by atoms with Crippen LogP contribution in [0.25, 0.3) is 0 Å². The van der Waals surface area contributed by atoms with Crippen molar-refractivity contribution in [3.8, 4) is 11.5 Å². The average molecular weight is 395 g/mol. The van der Waals surface area contributed by atoms with Crippen LogP contribution in [-0.4, -0.2) is 36.1 Å². The van der Waals surface area contributed by atoms with E-state index in [0.29, 0.717) is 17.1 Å². The molecule has 0 unspecified atom stereocenters. The van der Waals surface area contributed by atoms with Gasteiger partial charge in [0.05, 0.1) is 0 Å². The first-order valence-electron chi connectivity index (χ1n) is 8.57. The third-order valence-electron chi connectivity index (χ3n) is 3.56. The zero-order valence-electron chi connectivity index (χ0n) is 15.2. The molecule has 29 heavy (non-hydrogen) atoms. The van der Waals surface area contributed by atoms with Gasteiger partial charge in [-0.25, -0.2) is 0 Å². The van der Waals surface area contributed by atoms with Gasteiger partial charge in [-0.15, -0.1) is 0 Å². The summed E-state index contributed by atoms with van der Waals surface area (Å²) in [5.74, 6) is -0.324. The topological polar surface area (TPSA) is 120 Å². The first-order valence-corrected chi connectivity index (χ1v) is 8.57. The lowest BCUT2D eigenvalue weighted by atomic mass is 10.2. The minimum absolute atomic E-state index is 0.207. The van der Waals surface area contributed by atoms with Gasteiger partial charge < -0.3 is 24.6 Å². The Hall–Kier alpha value is -4.14. The summed E-state index contributed by atoms with van der Waals surface area (Å²) >= 11 is 0. The number of anilines is 1. The van der Waals surface area contributed by atoms with Gasteiger partial charge in [0.15, 0.2) is 12.4 Å². The van der Waals surface area contributed by atoms with Gasteiger partial charge in [-0.1, -0.05) is 23.4 Å². The number of hydrogen-bond donors (Lipinski definition) is 2. The molecule has 148 valence electrons. The first-order chi connectivity index (χ1) is 14.1. The van der Waals surface area contributed by atoms with E-state index in [2.05, 4.69) is 20.3 Å². The standard InChI is InChI=1S/C20H17N3O6/c24-18(22-17-10-11-28-23-17)13-27-19(25)12-21-20(26)14-6-8-16(9-7-14)29-15-4-2-1-3-5-15/h1-11H,12-13H2,(H,21,26)(H,22,23,24). The molecule has 9 nitrogen and oxygen atoms in total. The number of ether oxygens (including phenoxy) is 2. The Bertz CT molecular complexity index is 956. The second-order valence-electron chi connectivity index (χ2n) is 5.72. The van der Waals surface area contributed by atoms with Crippen molar-refractivity contribution in [2.24, 2.45) is 0 Å². The van der Waals surface area contributed by atoms with Crippen LogP contribution in [0.15, 0.2) is 71.4 Å². The molecule has 0 saturated carbocycles. The molecule has 0 fully saturated rings. The molecule has 1 heterocycles. The lowest BCUT2D eigenvalue weighted by molar-refractivity contribution is -0.146. The zero-order valence-corrected chi connectivity index (χ0v) is 15.2. The fraction of sp³-hybridized carbons (Fsp3) is 0.100. The normalized spacial score (nSPS) is 10.1. The van der Waals surface area contributed by atoms with Crippen LogP contribution in [0.2, 0.25) is 0 Å². The summed E-state index contributed by atoms with van der Waals surface area (Å²) in [6.07, 6.45) is 1.29. The number of hydrogen-bond acceptors (Lipinski definition) is 7. The highest BCUT2D eigenvalue weighted by Crippen LogP contribution is 2.21. The van der Waals surface area contributed by atoms with E-state index in [0.717, 1.165) is 0 Å². The number of nitrogens with zero attached hydrogens (tertiary/aromatic N) is 1. The molecule has 1 aromatic heterocycles. The molecule has 0 saturated heterocycles. The third kappa shape index (κ3) is 6.21. The molecule has 2 N–H and O–H groups in total. The molecule has 3 aromatic rings. The summed E-state index contributed by atoms with van der Waals surface area (Å²) in [5.41, 5.74) is 0.349. The molecule has 0 spiro atoms. The number of amides is 2. The molecule has 0 aliphatic carbocycles. The highest BCUT2D eigenvalue weighted by molar-refractivity contribution is 5.96. The van der Waals surface area contributed by atoms with Crippen molar-refractivity contribution in [3.63, 3.8) is 0 Å². The number of esters is 1. The lowest BCUT2D eigenvalue weighted by Crippen LogP contribution is -2.32. The Morgan fingerprint density at radius 1 is 0.931 bits per heavy atom. The molecule has 0 radical (unpaired) electrons. The van der Waals surface area contributed by atoms with Gasteiger partial charge in [-0.3, -0.25) is 14.4 Å². The van der Waals surface area contributed by atoms with Crippen LogP contribution < -0.4 is 15.4 Å². The Morgan fingerprint density at radius 2 is 1.66 bits per heavy atom. The SMILES string of the molecule is O=C(COC(=O)CNC(=O)c1ccc(Oc2ccccc2)cc1)Nc1ccon1. The summed E-state index contributed by atoms with van der Waals surface area (Å²) in [6, 6.07) is 17.1. The molecule has 2 aromatic carbocycles. The van der Waals surface area contributed by atoms with E-state index in [1.807, 2.05) is 30.3 Å². The van der Waals surface area contributed by atoms with Gasteiger partial charge >= 0.3 is 5.97 Å². The van der Waals surface area contributed by atoms with Crippen LogP contribution in [0, 0.1) is 0 Å². The second kappa shape index (κ2) is 9.70. The number of carbonyl (C=O) groups excluding carboxylic acids is 3. The summed E-state index contributed by atoms with van der Waals surface area (Å²) in [6.45, 7) is -0.884. The van der Waals surface area contributed by atoms with Crippen molar-refractivity contribution in [1.82, 2.24) is 10.5 Å². The van der Waals surface area contributed by atoms with Crippen molar-refractivity contribution in [2.75, 3.05) is 18.5 Å². The Balaban J connectivity index is 1.40. The van der Waals surface area contributed by atoms with Crippen LogP contribution >= 0.6 is 0 Å². The van der Waals surface area contributed by atoms with Crippen molar-refractivity contribution in [1.29, 1.82) is 0 Å². The minimum atomic E-state index is -0.752. The molecular formula is C20H17N3O6. The smallest absolute Gasteiger partial charge is 0.325 e. The van der Waals surface area contributed by atoms with Crippen LogP contribution in [-0.2, 0) is 14.3 Å². The predicted molar refractivity (Wildman–Crippen MR) is 101 cm³/mol. The summed E-state index contributed by atoms with van der Waals surface area (Å²) in [5, 5.41) is 8.29. The Kier molecular flexibility index (Phi) is 6.56. The van der Waals surface area contributed by atoms with Crippen molar-refractivity contribution >= 4 is 23.6 Å². The maximum Gasteiger partial charge on any atom is 0.325 e. The number of aromatic nitrogens is 1. The van der Waals surface area contributed by atoms with Crippen LogP contribution in [0.1, 0.15) is 10.4 Å². The van der Waals surface area contributed by atoms with E-state index in [-0.39, 0.29) is 12.4 Å². The fourth-order valence-electron chi connectivity index (χ4n) is 2.21. The van der Waals surface area contributed by atoms with E-state index >= 15 is 0 Å². The van der Waals surface area contributed by atoms with Gasteiger partial charge in [0.1, 0.15) is 24.3 Å². The summed E-state index contributed by atoms with van der Waals surface area (Å²) < 4.78 is 15.0. The van der Waals surface area contributed by atoms with E-state index in [4.69, 9.17) is 9.47 Å². The Labute approximate surface area is 165 Å². The molecule has 2 amide bonds.